The predicted molar refractivity (Wildman–Crippen MR) is 77.9 cm³/mol. The summed E-state index contributed by atoms with van der Waals surface area (Å²) in [5.74, 6) is 0.390. The van der Waals surface area contributed by atoms with Crippen molar-refractivity contribution >= 4 is 22.9 Å². The number of oxazole rings is 1. The summed E-state index contributed by atoms with van der Waals surface area (Å²) in [4.78, 5) is 4.39. The zero-order chi connectivity index (χ0) is 13.9. The summed E-state index contributed by atoms with van der Waals surface area (Å²) in [6, 6.07) is 12.3. The molecular weight excluding hydrogens is 275 g/mol. The Hall–Kier alpha value is -1.85. The lowest BCUT2D eigenvalue weighted by Gasteiger charge is -2.06. The minimum absolute atomic E-state index is 0.263. The predicted octanol–water partition coefficient (Wildman–Crippen LogP) is 3.72. The van der Waals surface area contributed by atoms with E-state index in [0.29, 0.717) is 17.5 Å². The van der Waals surface area contributed by atoms with Crippen molar-refractivity contribution in [2.75, 3.05) is 0 Å². The normalized spacial score (nSPS) is 11.1. The van der Waals surface area contributed by atoms with Crippen LogP contribution >= 0.6 is 11.8 Å². The fourth-order valence-electron chi connectivity index (χ4n) is 1.98. The second-order valence-corrected chi connectivity index (χ2v) is 5.28. The molecule has 0 aliphatic rings. The summed E-state index contributed by atoms with van der Waals surface area (Å²) in [5.41, 5.74) is 9.06. The van der Waals surface area contributed by atoms with Crippen LogP contribution in [0.3, 0.4) is 0 Å². The number of fused-ring (bicyclic) bond motifs is 1. The molecule has 1 heterocycles. The molecule has 0 saturated heterocycles. The lowest BCUT2D eigenvalue weighted by molar-refractivity contribution is 0.489. The number of para-hydroxylation sites is 2. The van der Waals surface area contributed by atoms with Gasteiger partial charge in [0.2, 0.25) is 0 Å². The Labute approximate surface area is 120 Å². The average Bonchev–Trinajstić information content (AvgIpc) is 2.88. The summed E-state index contributed by atoms with van der Waals surface area (Å²) in [6.07, 6.45) is 0. The molecule has 3 aromatic rings. The van der Waals surface area contributed by atoms with Gasteiger partial charge in [-0.2, -0.15) is 0 Å². The van der Waals surface area contributed by atoms with Crippen molar-refractivity contribution in [2.45, 2.75) is 17.5 Å². The van der Waals surface area contributed by atoms with Gasteiger partial charge in [0.15, 0.2) is 5.58 Å². The van der Waals surface area contributed by atoms with Gasteiger partial charge in [0.25, 0.3) is 5.22 Å². The Morgan fingerprint density at radius 1 is 1.15 bits per heavy atom. The Balaban J connectivity index is 1.79. The van der Waals surface area contributed by atoms with Crippen LogP contribution < -0.4 is 5.73 Å². The van der Waals surface area contributed by atoms with Gasteiger partial charge in [-0.25, -0.2) is 9.37 Å². The molecule has 2 N–H and O–H groups in total. The molecule has 5 heteroatoms. The van der Waals surface area contributed by atoms with Crippen LogP contribution in [0.2, 0.25) is 0 Å². The van der Waals surface area contributed by atoms with Crippen LogP contribution in [-0.2, 0) is 12.3 Å². The molecule has 102 valence electrons. The Bertz CT molecular complexity index is 709. The first-order valence-corrected chi connectivity index (χ1v) is 7.20. The van der Waals surface area contributed by atoms with E-state index in [0.717, 1.165) is 22.2 Å². The molecular formula is C15H13FN2OS. The van der Waals surface area contributed by atoms with Crippen LogP contribution in [0, 0.1) is 5.82 Å². The van der Waals surface area contributed by atoms with Crippen molar-refractivity contribution in [1.29, 1.82) is 0 Å². The minimum atomic E-state index is -0.263. The number of halogens is 1. The maximum Gasteiger partial charge on any atom is 0.257 e. The number of nitrogens with zero attached hydrogens (tertiary/aromatic N) is 1. The smallest absolute Gasteiger partial charge is 0.257 e. The molecule has 0 aliphatic carbocycles. The van der Waals surface area contributed by atoms with Crippen molar-refractivity contribution in [3.05, 3.63) is 59.4 Å². The maximum absolute atomic E-state index is 13.1. The van der Waals surface area contributed by atoms with Crippen LogP contribution in [0.5, 0.6) is 0 Å². The van der Waals surface area contributed by atoms with E-state index in [-0.39, 0.29) is 5.82 Å². The second kappa shape index (κ2) is 5.64. The first-order chi connectivity index (χ1) is 9.76. The molecule has 3 nitrogen and oxygen atoms in total. The molecule has 3 rings (SSSR count). The number of benzene rings is 2. The van der Waals surface area contributed by atoms with Crippen molar-refractivity contribution in [2.24, 2.45) is 5.73 Å². The van der Waals surface area contributed by atoms with E-state index in [1.807, 2.05) is 24.3 Å². The summed E-state index contributed by atoms with van der Waals surface area (Å²) in [6.45, 7) is 0.321. The third-order valence-corrected chi connectivity index (χ3v) is 3.89. The Morgan fingerprint density at radius 3 is 2.80 bits per heavy atom. The largest absolute Gasteiger partial charge is 0.431 e. The molecule has 0 fully saturated rings. The molecule has 0 saturated carbocycles. The van der Waals surface area contributed by atoms with E-state index in [1.165, 1.54) is 23.9 Å². The summed E-state index contributed by atoms with van der Waals surface area (Å²) >= 11 is 1.48. The van der Waals surface area contributed by atoms with Crippen LogP contribution in [0.15, 0.2) is 52.1 Å². The molecule has 0 unspecified atom stereocenters. The van der Waals surface area contributed by atoms with Gasteiger partial charge in [0, 0.05) is 12.3 Å². The topological polar surface area (TPSA) is 52.0 Å². The lowest BCUT2D eigenvalue weighted by Crippen LogP contribution is -2.01. The number of nitrogens with two attached hydrogens (primary N) is 1. The summed E-state index contributed by atoms with van der Waals surface area (Å²) in [7, 11) is 0. The number of hydrogen-bond donors (Lipinski definition) is 1. The van der Waals surface area contributed by atoms with Gasteiger partial charge in [-0.05, 0) is 35.4 Å². The molecule has 0 aliphatic heterocycles. The number of rotatable bonds is 4. The number of hydrogen-bond acceptors (Lipinski definition) is 4. The highest BCUT2D eigenvalue weighted by atomic mass is 32.2. The zero-order valence-corrected chi connectivity index (χ0v) is 11.5. The molecule has 0 spiro atoms. The van der Waals surface area contributed by atoms with Gasteiger partial charge in [-0.15, -0.1) is 0 Å². The number of aromatic nitrogens is 1. The Kier molecular flexibility index (Phi) is 3.71. The van der Waals surface area contributed by atoms with Gasteiger partial charge in [0.1, 0.15) is 11.3 Å². The third kappa shape index (κ3) is 2.69. The standard InChI is InChI=1S/C15H13FN2OS/c16-12-6-5-10(11(7-12)8-17)9-20-15-18-13-3-1-2-4-14(13)19-15/h1-7H,8-9,17H2. The third-order valence-electron chi connectivity index (χ3n) is 3.01. The SMILES string of the molecule is NCc1cc(F)ccc1CSc1nc2ccccc2o1. The maximum atomic E-state index is 13.1. The van der Waals surface area contributed by atoms with E-state index >= 15 is 0 Å². The quantitative estimate of drug-likeness (QED) is 0.743. The van der Waals surface area contributed by atoms with Crippen LogP contribution in [0.4, 0.5) is 4.39 Å². The van der Waals surface area contributed by atoms with Gasteiger partial charge >= 0.3 is 0 Å². The van der Waals surface area contributed by atoms with Crippen molar-refractivity contribution in [3.63, 3.8) is 0 Å². The fourth-order valence-corrected chi connectivity index (χ4v) is 2.85. The summed E-state index contributed by atoms with van der Waals surface area (Å²) in [5, 5.41) is 0.610. The highest BCUT2D eigenvalue weighted by Gasteiger charge is 2.08. The van der Waals surface area contributed by atoms with E-state index in [1.54, 1.807) is 6.07 Å². The highest BCUT2D eigenvalue weighted by molar-refractivity contribution is 7.98. The fraction of sp³-hybridized carbons (Fsp3) is 0.133. The Morgan fingerprint density at radius 2 is 2.00 bits per heavy atom. The van der Waals surface area contributed by atoms with Gasteiger partial charge < -0.3 is 10.2 Å². The van der Waals surface area contributed by atoms with E-state index in [2.05, 4.69) is 4.98 Å². The molecule has 2 aromatic carbocycles. The second-order valence-electron chi connectivity index (χ2n) is 4.35. The highest BCUT2D eigenvalue weighted by Crippen LogP contribution is 2.27. The molecule has 20 heavy (non-hydrogen) atoms. The van der Waals surface area contributed by atoms with Gasteiger partial charge in [-0.3, -0.25) is 0 Å². The first-order valence-electron chi connectivity index (χ1n) is 6.22. The minimum Gasteiger partial charge on any atom is -0.431 e. The van der Waals surface area contributed by atoms with Crippen molar-refractivity contribution < 1.29 is 8.81 Å². The zero-order valence-electron chi connectivity index (χ0n) is 10.7. The van der Waals surface area contributed by atoms with Crippen molar-refractivity contribution in [3.8, 4) is 0 Å². The van der Waals surface area contributed by atoms with E-state index < -0.39 is 0 Å². The van der Waals surface area contributed by atoms with Crippen LogP contribution in [0.1, 0.15) is 11.1 Å². The van der Waals surface area contributed by atoms with Gasteiger partial charge in [-0.1, -0.05) is 30.0 Å². The molecule has 0 radical (unpaired) electrons. The molecule has 0 amide bonds. The van der Waals surface area contributed by atoms with Crippen molar-refractivity contribution in [1.82, 2.24) is 4.98 Å². The molecule has 1 aromatic heterocycles. The van der Waals surface area contributed by atoms with Gasteiger partial charge in [0.05, 0.1) is 0 Å². The average molecular weight is 288 g/mol. The number of thioether (sulfide) groups is 1. The monoisotopic (exact) mass is 288 g/mol. The summed E-state index contributed by atoms with van der Waals surface area (Å²) < 4.78 is 18.8. The van der Waals surface area contributed by atoms with E-state index in [4.69, 9.17) is 10.2 Å². The lowest BCUT2D eigenvalue weighted by atomic mass is 10.1. The molecule has 0 bridgehead atoms. The van der Waals surface area contributed by atoms with E-state index in [9.17, 15) is 4.39 Å². The molecule has 0 atom stereocenters. The van der Waals surface area contributed by atoms with Crippen LogP contribution in [0.25, 0.3) is 11.1 Å². The first kappa shape index (κ1) is 13.1. The van der Waals surface area contributed by atoms with Crippen LogP contribution in [-0.4, -0.2) is 4.98 Å².